The summed E-state index contributed by atoms with van der Waals surface area (Å²) in [6.07, 6.45) is 0.939. The lowest BCUT2D eigenvalue weighted by Crippen LogP contribution is -2.21. The molecule has 1 amide bonds. The average molecular weight is 426 g/mol. The van der Waals surface area contributed by atoms with Gasteiger partial charge in [-0.1, -0.05) is 60.7 Å². The Morgan fingerprint density at radius 3 is 2.59 bits per heavy atom. The Hall–Kier alpha value is -3.97. The maximum Gasteiger partial charge on any atom is 0.336 e. The van der Waals surface area contributed by atoms with Gasteiger partial charge in [-0.15, -0.1) is 0 Å². The number of nitrogens with zero attached hydrogens (tertiary/aromatic N) is 2. The molecule has 0 saturated carbocycles. The van der Waals surface area contributed by atoms with Crippen molar-refractivity contribution in [2.45, 2.75) is 19.5 Å². The quantitative estimate of drug-likeness (QED) is 0.432. The SMILES string of the molecule is O=C(O)c1ccc2ccccc2c1C(=O)Nc1[nH]nc2c1CN(CCc1ccccc1)C2. The molecule has 1 aromatic heterocycles. The molecule has 3 aromatic carbocycles. The number of amides is 1. The third-order valence-electron chi connectivity index (χ3n) is 5.89. The number of carboxylic acid groups (broad SMARTS) is 1. The maximum atomic E-state index is 13.2. The first-order valence-corrected chi connectivity index (χ1v) is 10.5. The van der Waals surface area contributed by atoms with E-state index in [4.69, 9.17) is 0 Å². The van der Waals surface area contributed by atoms with Crippen molar-refractivity contribution in [2.75, 3.05) is 11.9 Å². The van der Waals surface area contributed by atoms with Gasteiger partial charge in [0.25, 0.3) is 5.91 Å². The number of aromatic amines is 1. The summed E-state index contributed by atoms with van der Waals surface area (Å²) in [5, 5.41) is 21.2. The minimum absolute atomic E-state index is 0.0261. The molecule has 0 fully saturated rings. The second-order valence-electron chi connectivity index (χ2n) is 7.94. The number of carbonyl (C=O) groups is 2. The molecule has 3 N–H and O–H groups in total. The van der Waals surface area contributed by atoms with Crippen LogP contribution in [0.5, 0.6) is 0 Å². The first-order valence-electron chi connectivity index (χ1n) is 10.5. The van der Waals surface area contributed by atoms with Gasteiger partial charge in [0.1, 0.15) is 5.82 Å². The van der Waals surface area contributed by atoms with Crippen molar-refractivity contribution in [3.8, 4) is 0 Å². The fraction of sp³-hybridized carbons (Fsp3) is 0.160. The Labute approximate surface area is 184 Å². The standard InChI is InChI=1S/C25H22N4O3/c30-24(22-18-9-5-4-8-17(18)10-11-19(22)25(31)32)26-23-20-14-29(15-21(20)27-28-23)13-12-16-6-2-1-3-7-16/h1-11H,12-15H2,(H,31,32)(H2,26,27,28,30). The first-order chi connectivity index (χ1) is 15.6. The van der Waals surface area contributed by atoms with Crippen LogP contribution in [-0.2, 0) is 19.5 Å². The van der Waals surface area contributed by atoms with Crippen LogP contribution in [0.3, 0.4) is 0 Å². The Morgan fingerprint density at radius 1 is 1.00 bits per heavy atom. The maximum absolute atomic E-state index is 13.2. The number of nitrogens with one attached hydrogen (secondary N) is 2. The van der Waals surface area contributed by atoms with E-state index in [2.05, 4.69) is 32.5 Å². The van der Waals surface area contributed by atoms with E-state index in [1.165, 1.54) is 11.6 Å². The Kier molecular flexibility index (Phi) is 5.17. The van der Waals surface area contributed by atoms with E-state index in [0.29, 0.717) is 24.3 Å². The summed E-state index contributed by atoms with van der Waals surface area (Å²) in [5.41, 5.74) is 3.26. The zero-order chi connectivity index (χ0) is 22.1. The topological polar surface area (TPSA) is 98.3 Å². The molecule has 0 bridgehead atoms. The van der Waals surface area contributed by atoms with Gasteiger partial charge < -0.3 is 10.4 Å². The van der Waals surface area contributed by atoms with E-state index in [1.807, 2.05) is 30.3 Å². The number of hydrogen-bond acceptors (Lipinski definition) is 4. The molecule has 5 rings (SSSR count). The molecule has 7 heteroatoms. The number of fused-ring (bicyclic) bond motifs is 2. The summed E-state index contributed by atoms with van der Waals surface area (Å²) in [6.45, 7) is 2.28. The van der Waals surface area contributed by atoms with Crippen LogP contribution in [-0.4, -0.2) is 38.6 Å². The van der Waals surface area contributed by atoms with E-state index in [0.717, 1.165) is 29.6 Å². The minimum atomic E-state index is -1.14. The van der Waals surface area contributed by atoms with Gasteiger partial charge >= 0.3 is 5.97 Å². The molecule has 0 aliphatic carbocycles. The van der Waals surface area contributed by atoms with Crippen LogP contribution < -0.4 is 5.32 Å². The molecule has 32 heavy (non-hydrogen) atoms. The van der Waals surface area contributed by atoms with Crippen LogP contribution >= 0.6 is 0 Å². The normalized spacial score (nSPS) is 13.2. The highest BCUT2D eigenvalue weighted by Gasteiger charge is 2.27. The van der Waals surface area contributed by atoms with Crippen molar-refractivity contribution < 1.29 is 14.7 Å². The van der Waals surface area contributed by atoms with Crippen LogP contribution in [0.25, 0.3) is 10.8 Å². The number of hydrogen-bond donors (Lipinski definition) is 3. The number of carboxylic acids is 1. The molecule has 1 aliphatic rings. The third-order valence-corrected chi connectivity index (χ3v) is 5.89. The van der Waals surface area contributed by atoms with Gasteiger partial charge in [-0.25, -0.2) is 4.79 Å². The van der Waals surface area contributed by atoms with Crippen LogP contribution in [0.2, 0.25) is 0 Å². The molecule has 0 saturated heterocycles. The molecule has 7 nitrogen and oxygen atoms in total. The van der Waals surface area contributed by atoms with Crippen molar-refractivity contribution in [3.63, 3.8) is 0 Å². The van der Waals surface area contributed by atoms with E-state index in [-0.39, 0.29) is 11.1 Å². The average Bonchev–Trinajstić information content (AvgIpc) is 3.38. The minimum Gasteiger partial charge on any atom is -0.478 e. The van der Waals surface area contributed by atoms with Crippen molar-refractivity contribution in [1.29, 1.82) is 0 Å². The number of H-pyrrole nitrogens is 1. The molecule has 160 valence electrons. The van der Waals surface area contributed by atoms with Crippen LogP contribution in [0.1, 0.15) is 37.5 Å². The second-order valence-corrected chi connectivity index (χ2v) is 7.94. The summed E-state index contributed by atoms with van der Waals surface area (Å²) >= 11 is 0. The lowest BCUT2D eigenvalue weighted by Gasteiger charge is -2.15. The first kappa shape index (κ1) is 20.0. The van der Waals surface area contributed by atoms with Gasteiger partial charge in [0.05, 0.1) is 16.8 Å². The number of benzene rings is 3. The van der Waals surface area contributed by atoms with Gasteiger partial charge in [0.15, 0.2) is 0 Å². The molecule has 1 aliphatic heterocycles. The third kappa shape index (κ3) is 3.74. The van der Waals surface area contributed by atoms with Crippen molar-refractivity contribution in [1.82, 2.24) is 15.1 Å². The molecule has 0 radical (unpaired) electrons. The van der Waals surface area contributed by atoms with E-state index in [9.17, 15) is 14.7 Å². The Bertz CT molecular complexity index is 1310. The van der Waals surface area contributed by atoms with Gasteiger partial charge in [-0.2, -0.15) is 5.10 Å². The smallest absolute Gasteiger partial charge is 0.336 e. The highest BCUT2D eigenvalue weighted by atomic mass is 16.4. The highest BCUT2D eigenvalue weighted by Crippen LogP contribution is 2.29. The molecule has 0 unspecified atom stereocenters. The van der Waals surface area contributed by atoms with Gasteiger partial charge in [-0.05, 0) is 28.8 Å². The zero-order valence-corrected chi connectivity index (χ0v) is 17.3. The molecule has 0 spiro atoms. The summed E-state index contributed by atoms with van der Waals surface area (Å²) in [4.78, 5) is 27.3. The van der Waals surface area contributed by atoms with Crippen molar-refractivity contribution in [2.24, 2.45) is 0 Å². The van der Waals surface area contributed by atoms with Crippen molar-refractivity contribution >= 4 is 28.5 Å². The predicted octanol–water partition coefficient (Wildman–Crippen LogP) is 4.07. The fourth-order valence-electron chi connectivity index (χ4n) is 4.26. The second kappa shape index (κ2) is 8.28. The predicted molar refractivity (Wildman–Crippen MR) is 122 cm³/mol. The highest BCUT2D eigenvalue weighted by molar-refractivity contribution is 6.18. The van der Waals surface area contributed by atoms with E-state index >= 15 is 0 Å². The van der Waals surface area contributed by atoms with E-state index < -0.39 is 11.9 Å². The number of rotatable bonds is 6. The van der Waals surface area contributed by atoms with Crippen LogP contribution in [0, 0.1) is 0 Å². The van der Waals surface area contributed by atoms with E-state index in [1.54, 1.807) is 18.2 Å². The summed E-state index contributed by atoms with van der Waals surface area (Å²) < 4.78 is 0. The number of aromatic nitrogens is 2. The molecule has 0 atom stereocenters. The Balaban J connectivity index is 1.36. The number of aromatic carboxylic acids is 1. The van der Waals surface area contributed by atoms with Gasteiger partial charge in [-0.3, -0.25) is 14.8 Å². The summed E-state index contributed by atoms with van der Waals surface area (Å²) in [7, 11) is 0. The summed E-state index contributed by atoms with van der Waals surface area (Å²) in [6, 6.07) is 20.8. The van der Waals surface area contributed by atoms with Gasteiger partial charge in [0.2, 0.25) is 0 Å². The lowest BCUT2D eigenvalue weighted by atomic mass is 9.98. The summed E-state index contributed by atoms with van der Waals surface area (Å²) in [5.74, 6) is -1.08. The molecular weight excluding hydrogens is 404 g/mol. The van der Waals surface area contributed by atoms with Crippen molar-refractivity contribution in [3.05, 3.63) is 94.7 Å². The zero-order valence-electron chi connectivity index (χ0n) is 17.3. The van der Waals surface area contributed by atoms with Crippen LogP contribution in [0.4, 0.5) is 5.82 Å². The number of carbonyl (C=O) groups excluding carboxylic acids is 1. The number of anilines is 1. The fourth-order valence-corrected chi connectivity index (χ4v) is 4.26. The molecule has 2 heterocycles. The Morgan fingerprint density at radius 2 is 1.78 bits per heavy atom. The van der Waals surface area contributed by atoms with Crippen LogP contribution in [0.15, 0.2) is 66.7 Å². The lowest BCUT2D eigenvalue weighted by molar-refractivity contribution is 0.0693. The van der Waals surface area contributed by atoms with Gasteiger partial charge in [0, 0.05) is 25.2 Å². The molecule has 4 aromatic rings. The monoisotopic (exact) mass is 426 g/mol. The molecular formula is C25H22N4O3. The largest absolute Gasteiger partial charge is 0.478 e.